The van der Waals surface area contributed by atoms with Gasteiger partial charge in [0.15, 0.2) is 0 Å². The number of hydrogen-bond donors (Lipinski definition) is 1. The van der Waals surface area contributed by atoms with Gasteiger partial charge in [0.1, 0.15) is 5.69 Å². The molecule has 0 bridgehead atoms. The Kier molecular flexibility index (Phi) is 4.65. The van der Waals surface area contributed by atoms with E-state index >= 15 is 0 Å². The summed E-state index contributed by atoms with van der Waals surface area (Å²) >= 11 is 0. The normalized spacial score (nSPS) is 19.4. The Labute approximate surface area is 120 Å². The van der Waals surface area contributed by atoms with Gasteiger partial charge in [-0.2, -0.15) is 5.10 Å². The van der Waals surface area contributed by atoms with Crippen molar-refractivity contribution in [2.45, 2.75) is 39.3 Å². The monoisotopic (exact) mass is 279 g/mol. The largest absolute Gasteiger partial charge is 0.396 e. The first-order valence-electron chi connectivity index (χ1n) is 7.39. The van der Waals surface area contributed by atoms with E-state index in [4.69, 9.17) is 5.73 Å². The maximum atomic E-state index is 12.6. The van der Waals surface area contributed by atoms with Crippen LogP contribution in [0.5, 0.6) is 0 Å². The van der Waals surface area contributed by atoms with Crippen LogP contribution in [0.3, 0.4) is 0 Å². The Bertz CT molecular complexity index is 470. The number of carbonyl (C=O) groups is 1. The highest BCUT2D eigenvalue weighted by molar-refractivity contribution is 5.97. The third-order valence-electron chi connectivity index (χ3n) is 4.11. The minimum absolute atomic E-state index is 0.0372. The van der Waals surface area contributed by atoms with E-state index in [9.17, 15) is 4.79 Å². The summed E-state index contributed by atoms with van der Waals surface area (Å²) in [6.45, 7) is 7.71. The van der Waals surface area contributed by atoms with Crippen molar-refractivity contribution in [2.75, 3.05) is 32.4 Å². The third-order valence-corrected chi connectivity index (χ3v) is 4.11. The number of aromatic nitrogens is 2. The second-order valence-corrected chi connectivity index (χ2v) is 5.37. The molecular weight excluding hydrogens is 254 g/mol. The Balaban J connectivity index is 2.07. The van der Waals surface area contributed by atoms with Crippen LogP contribution in [-0.2, 0) is 6.54 Å². The molecule has 1 aromatic rings. The lowest BCUT2D eigenvalue weighted by molar-refractivity contribution is 0.0743. The lowest BCUT2D eigenvalue weighted by atomic mass is 10.2. The predicted molar refractivity (Wildman–Crippen MR) is 79.5 cm³/mol. The van der Waals surface area contributed by atoms with Crippen LogP contribution in [0.4, 0.5) is 5.69 Å². The van der Waals surface area contributed by atoms with E-state index in [1.54, 1.807) is 15.8 Å². The number of likely N-dealkylation sites (tertiary alicyclic amines) is 1. The smallest absolute Gasteiger partial charge is 0.274 e. The van der Waals surface area contributed by atoms with Crippen molar-refractivity contribution in [2.24, 2.45) is 0 Å². The molecule has 0 radical (unpaired) electrons. The Morgan fingerprint density at radius 3 is 2.90 bits per heavy atom. The van der Waals surface area contributed by atoms with Gasteiger partial charge >= 0.3 is 0 Å². The van der Waals surface area contributed by atoms with Crippen molar-refractivity contribution in [3.63, 3.8) is 0 Å². The van der Waals surface area contributed by atoms with Crippen molar-refractivity contribution < 1.29 is 4.79 Å². The molecule has 1 amide bonds. The lowest BCUT2D eigenvalue weighted by Gasteiger charge is -2.28. The maximum absolute atomic E-state index is 12.6. The van der Waals surface area contributed by atoms with E-state index in [1.807, 2.05) is 14.0 Å². The Hall–Kier alpha value is -1.56. The van der Waals surface area contributed by atoms with Gasteiger partial charge in [0.2, 0.25) is 0 Å². The van der Waals surface area contributed by atoms with Crippen molar-refractivity contribution in [3.05, 3.63) is 11.9 Å². The topological polar surface area (TPSA) is 67.4 Å². The zero-order valence-corrected chi connectivity index (χ0v) is 12.7. The van der Waals surface area contributed by atoms with Gasteiger partial charge in [-0.3, -0.25) is 14.4 Å². The molecule has 1 aromatic heterocycles. The number of anilines is 1. The standard InChI is InChI=1S/C14H25N5O/c1-4-18-8-6-7-11(18)10-17(3)14(20)13-12(15)9-16-19(13)5-2/h9,11H,4-8,10,15H2,1-3H3. The summed E-state index contributed by atoms with van der Waals surface area (Å²) in [4.78, 5) is 16.8. The molecule has 1 aliphatic rings. The summed E-state index contributed by atoms with van der Waals surface area (Å²) in [7, 11) is 1.85. The minimum Gasteiger partial charge on any atom is -0.396 e. The zero-order valence-electron chi connectivity index (χ0n) is 12.7. The highest BCUT2D eigenvalue weighted by Gasteiger charge is 2.27. The Morgan fingerprint density at radius 1 is 1.50 bits per heavy atom. The van der Waals surface area contributed by atoms with E-state index in [-0.39, 0.29) is 5.91 Å². The fourth-order valence-electron chi connectivity index (χ4n) is 2.97. The maximum Gasteiger partial charge on any atom is 0.274 e. The van der Waals surface area contributed by atoms with Crippen LogP contribution < -0.4 is 5.73 Å². The summed E-state index contributed by atoms with van der Waals surface area (Å²) in [5.41, 5.74) is 6.85. The first-order chi connectivity index (χ1) is 9.58. The van der Waals surface area contributed by atoms with Gasteiger partial charge in [-0.25, -0.2) is 0 Å². The van der Waals surface area contributed by atoms with Crippen LogP contribution in [0, 0.1) is 0 Å². The van der Waals surface area contributed by atoms with Crippen molar-refractivity contribution in [1.82, 2.24) is 19.6 Å². The number of aryl methyl sites for hydroxylation is 1. The second kappa shape index (κ2) is 6.26. The van der Waals surface area contributed by atoms with Crippen molar-refractivity contribution in [3.8, 4) is 0 Å². The highest BCUT2D eigenvalue weighted by atomic mass is 16.2. The molecule has 0 saturated carbocycles. The van der Waals surface area contributed by atoms with Gasteiger partial charge in [-0.1, -0.05) is 6.92 Å². The van der Waals surface area contributed by atoms with Crippen LogP contribution >= 0.6 is 0 Å². The number of nitrogens with two attached hydrogens (primary N) is 1. The molecule has 112 valence electrons. The van der Waals surface area contributed by atoms with Crippen LogP contribution in [-0.4, -0.2) is 58.2 Å². The van der Waals surface area contributed by atoms with Gasteiger partial charge in [-0.05, 0) is 32.9 Å². The molecule has 0 aromatic carbocycles. The molecule has 1 atom stereocenters. The van der Waals surface area contributed by atoms with Gasteiger partial charge in [0.05, 0.1) is 11.9 Å². The average molecular weight is 279 g/mol. The summed E-state index contributed by atoms with van der Waals surface area (Å²) in [5, 5.41) is 4.13. The first-order valence-corrected chi connectivity index (χ1v) is 7.39. The van der Waals surface area contributed by atoms with E-state index in [2.05, 4.69) is 16.9 Å². The predicted octanol–water partition coefficient (Wildman–Crippen LogP) is 1.04. The molecule has 1 aliphatic heterocycles. The number of nitrogens with zero attached hydrogens (tertiary/aromatic N) is 4. The quantitative estimate of drug-likeness (QED) is 0.874. The summed E-state index contributed by atoms with van der Waals surface area (Å²) in [6, 6.07) is 0.466. The molecule has 20 heavy (non-hydrogen) atoms. The highest BCUT2D eigenvalue weighted by Crippen LogP contribution is 2.19. The fourth-order valence-corrected chi connectivity index (χ4v) is 2.97. The lowest BCUT2D eigenvalue weighted by Crippen LogP contribution is -2.41. The number of amides is 1. The summed E-state index contributed by atoms with van der Waals surface area (Å²) in [6.07, 6.45) is 3.93. The number of hydrogen-bond acceptors (Lipinski definition) is 4. The van der Waals surface area contributed by atoms with E-state index in [0.29, 0.717) is 24.0 Å². The van der Waals surface area contributed by atoms with Gasteiger partial charge in [0.25, 0.3) is 5.91 Å². The number of rotatable bonds is 5. The molecule has 2 N–H and O–H groups in total. The van der Waals surface area contributed by atoms with Crippen molar-refractivity contribution >= 4 is 11.6 Å². The second-order valence-electron chi connectivity index (χ2n) is 5.37. The van der Waals surface area contributed by atoms with Crippen LogP contribution in [0.1, 0.15) is 37.2 Å². The minimum atomic E-state index is -0.0372. The van der Waals surface area contributed by atoms with Gasteiger partial charge in [-0.15, -0.1) is 0 Å². The number of carbonyl (C=O) groups excluding carboxylic acids is 1. The van der Waals surface area contributed by atoms with E-state index in [0.717, 1.165) is 26.1 Å². The van der Waals surface area contributed by atoms with Crippen LogP contribution in [0.2, 0.25) is 0 Å². The van der Waals surface area contributed by atoms with Crippen LogP contribution in [0.15, 0.2) is 6.20 Å². The van der Waals surface area contributed by atoms with E-state index in [1.165, 1.54) is 6.42 Å². The summed E-state index contributed by atoms with van der Waals surface area (Å²) in [5.74, 6) is -0.0372. The molecule has 0 aliphatic carbocycles. The molecule has 0 spiro atoms. The summed E-state index contributed by atoms with van der Waals surface area (Å²) < 4.78 is 1.67. The molecule has 6 nitrogen and oxygen atoms in total. The molecule has 2 rings (SSSR count). The third kappa shape index (κ3) is 2.80. The molecule has 1 unspecified atom stereocenters. The number of likely N-dealkylation sites (N-methyl/N-ethyl adjacent to an activating group) is 2. The first kappa shape index (κ1) is 14.8. The molecule has 2 heterocycles. The Morgan fingerprint density at radius 2 is 2.25 bits per heavy atom. The molecule has 6 heteroatoms. The molecule has 1 saturated heterocycles. The molecule has 1 fully saturated rings. The zero-order chi connectivity index (χ0) is 14.7. The van der Waals surface area contributed by atoms with Gasteiger partial charge in [0, 0.05) is 26.2 Å². The van der Waals surface area contributed by atoms with Crippen molar-refractivity contribution in [1.29, 1.82) is 0 Å². The average Bonchev–Trinajstić information content (AvgIpc) is 3.03. The SMILES string of the molecule is CCN1CCCC1CN(C)C(=O)c1c(N)cnn1CC. The van der Waals surface area contributed by atoms with E-state index < -0.39 is 0 Å². The van der Waals surface area contributed by atoms with Crippen LogP contribution in [0.25, 0.3) is 0 Å². The number of nitrogen functional groups attached to an aromatic ring is 1. The molecular formula is C14H25N5O. The fraction of sp³-hybridized carbons (Fsp3) is 0.714. The van der Waals surface area contributed by atoms with Gasteiger partial charge < -0.3 is 10.6 Å².